The minimum absolute atomic E-state index is 0.258. The van der Waals surface area contributed by atoms with Gasteiger partial charge in [-0.25, -0.2) is 0 Å². The lowest BCUT2D eigenvalue weighted by Gasteiger charge is -2.05. The van der Waals surface area contributed by atoms with Gasteiger partial charge in [0, 0.05) is 20.0 Å². The number of benzene rings is 2. The molecule has 0 fully saturated rings. The van der Waals surface area contributed by atoms with Gasteiger partial charge in [-0.05, 0) is 58.4 Å². The SMILES string of the molecule is Nc1ccc(Sc2ccc(O)cc2Br)cc1. The molecule has 0 amide bonds. The zero-order chi connectivity index (χ0) is 11.5. The summed E-state index contributed by atoms with van der Waals surface area (Å²) < 4.78 is 0.884. The Morgan fingerprint density at radius 2 is 1.75 bits per heavy atom. The van der Waals surface area contributed by atoms with E-state index in [1.807, 2.05) is 30.3 Å². The van der Waals surface area contributed by atoms with Crippen LogP contribution in [0, 0.1) is 0 Å². The number of phenols is 1. The van der Waals surface area contributed by atoms with Crippen LogP contribution in [0.1, 0.15) is 0 Å². The van der Waals surface area contributed by atoms with Crippen LogP contribution in [0.2, 0.25) is 0 Å². The number of anilines is 1. The van der Waals surface area contributed by atoms with Crippen LogP contribution in [0.4, 0.5) is 5.69 Å². The average molecular weight is 296 g/mol. The highest BCUT2D eigenvalue weighted by atomic mass is 79.9. The molecule has 2 aromatic carbocycles. The lowest BCUT2D eigenvalue weighted by molar-refractivity contribution is 0.474. The van der Waals surface area contributed by atoms with E-state index in [1.54, 1.807) is 23.9 Å². The Morgan fingerprint density at radius 3 is 2.38 bits per heavy atom. The van der Waals surface area contributed by atoms with Crippen LogP contribution in [0.5, 0.6) is 5.75 Å². The molecule has 16 heavy (non-hydrogen) atoms. The number of halogens is 1. The van der Waals surface area contributed by atoms with Gasteiger partial charge in [0.1, 0.15) is 5.75 Å². The standard InChI is InChI=1S/C12H10BrNOS/c13-11-7-9(15)3-6-12(11)16-10-4-1-8(14)2-5-10/h1-7,15H,14H2. The van der Waals surface area contributed by atoms with Crippen molar-refractivity contribution in [2.75, 3.05) is 5.73 Å². The zero-order valence-corrected chi connectivity index (χ0v) is 10.8. The number of hydrogen-bond donors (Lipinski definition) is 2. The second kappa shape index (κ2) is 4.80. The summed E-state index contributed by atoms with van der Waals surface area (Å²) in [6.45, 7) is 0. The molecule has 0 radical (unpaired) electrons. The minimum Gasteiger partial charge on any atom is -0.508 e. The molecule has 0 aliphatic rings. The highest BCUT2D eigenvalue weighted by Gasteiger charge is 2.03. The average Bonchev–Trinajstić information content (AvgIpc) is 2.25. The van der Waals surface area contributed by atoms with Gasteiger partial charge in [0.05, 0.1) is 0 Å². The fraction of sp³-hybridized carbons (Fsp3) is 0. The molecule has 82 valence electrons. The van der Waals surface area contributed by atoms with E-state index in [1.165, 1.54) is 0 Å². The first kappa shape index (κ1) is 11.4. The maximum Gasteiger partial charge on any atom is 0.116 e. The Bertz CT molecular complexity index is 499. The topological polar surface area (TPSA) is 46.2 Å². The smallest absolute Gasteiger partial charge is 0.116 e. The maximum atomic E-state index is 9.28. The molecule has 0 spiro atoms. The van der Waals surface area contributed by atoms with E-state index in [9.17, 15) is 5.11 Å². The van der Waals surface area contributed by atoms with Gasteiger partial charge >= 0.3 is 0 Å². The number of nitrogens with two attached hydrogens (primary N) is 1. The molecule has 2 rings (SSSR count). The Balaban J connectivity index is 2.23. The second-order valence-corrected chi connectivity index (χ2v) is 5.26. The molecule has 4 heteroatoms. The van der Waals surface area contributed by atoms with E-state index in [4.69, 9.17) is 5.73 Å². The second-order valence-electron chi connectivity index (χ2n) is 3.29. The summed E-state index contributed by atoms with van der Waals surface area (Å²) >= 11 is 5.03. The van der Waals surface area contributed by atoms with Crippen molar-refractivity contribution >= 4 is 33.4 Å². The van der Waals surface area contributed by atoms with Crippen molar-refractivity contribution in [1.29, 1.82) is 0 Å². The number of phenolic OH excluding ortho intramolecular Hbond substituents is 1. The largest absolute Gasteiger partial charge is 0.508 e. The third-order valence-electron chi connectivity index (χ3n) is 2.02. The Kier molecular flexibility index (Phi) is 3.41. The quantitative estimate of drug-likeness (QED) is 0.826. The first-order valence-electron chi connectivity index (χ1n) is 4.67. The van der Waals surface area contributed by atoms with Crippen molar-refractivity contribution in [2.45, 2.75) is 9.79 Å². The fourth-order valence-corrected chi connectivity index (χ4v) is 2.66. The van der Waals surface area contributed by atoms with Gasteiger partial charge in [-0.1, -0.05) is 11.8 Å². The Morgan fingerprint density at radius 1 is 1.06 bits per heavy atom. The van der Waals surface area contributed by atoms with Crippen molar-refractivity contribution in [3.05, 3.63) is 46.9 Å². The Labute approximate surface area is 107 Å². The zero-order valence-electron chi connectivity index (χ0n) is 8.35. The van der Waals surface area contributed by atoms with Gasteiger partial charge in [0.2, 0.25) is 0 Å². The van der Waals surface area contributed by atoms with E-state index in [-0.39, 0.29) is 5.75 Å². The van der Waals surface area contributed by atoms with E-state index in [0.29, 0.717) is 0 Å². The van der Waals surface area contributed by atoms with Gasteiger partial charge < -0.3 is 10.8 Å². The molecule has 0 unspecified atom stereocenters. The summed E-state index contributed by atoms with van der Waals surface area (Å²) in [4.78, 5) is 2.17. The van der Waals surface area contributed by atoms with Crippen LogP contribution >= 0.6 is 27.7 Å². The molecule has 0 heterocycles. The molecule has 0 saturated heterocycles. The van der Waals surface area contributed by atoms with Gasteiger partial charge in [0.25, 0.3) is 0 Å². The van der Waals surface area contributed by atoms with Crippen LogP contribution in [-0.4, -0.2) is 5.11 Å². The summed E-state index contributed by atoms with van der Waals surface area (Å²) in [6, 6.07) is 12.9. The van der Waals surface area contributed by atoms with Crippen molar-refractivity contribution < 1.29 is 5.11 Å². The monoisotopic (exact) mass is 295 g/mol. The highest BCUT2D eigenvalue weighted by molar-refractivity contribution is 9.10. The molecule has 0 aliphatic carbocycles. The molecule has 3 N–H and O–H groups in total. The van der Waals surface area contributed by atoms with Crippen molar-refractivity contribution in [3.63, 3.8) is 0 Å². The molecule has 2 nitrogen and oxygen atoms in total. The van der Waals surface area contributed by atoms with Crippen LogP contribution in [0.3, 0.4) is 0 Å². The van der Waals surface area contributed by atoms with Crippen molar-refractivity contribution in [3.8, 4) is 5.75 Å². The minimum atomic E-state index is 0.258. The lowest BCUT2D eigenvalue weighted by atomic mass is 10.3. The van der Waals surface area contributed by atoms with Crippen LogP contribution in [0.25, 0.3) is 0 Å². The van der Waals surface area contributed by atoms with Gasteiger partial charge in [-0.3, -0.25) is 0 Å². The van der Waals surface area contributed by atoms with Crippen molar-refractivity contribution in [1.82, 2.24) is 0 Å². The van der Waals surface area contributed by atoms with Gasteiger partial charge in [0.15, 0.2) is 0 Å². The van der Waals surface area contributed by atoms with Crippen LogP contribution < -0.4 is 5.73 Å². The summed E-state index contributed by atoms with van der Waals surface area (Å²) in [6.07, 6.45) is 0. The normalized spacial score (nSPS) is 10.3. The van der Waals surface area contributed by atoms with Crippen LogP contribution in [0.15, 0.2) is 56.7 Å². The van der Waals surface area contributed by atoms with Crippen molar-refractivity contribution in [2.24, 2.45) is 0 Å². The molecule has 0 aromatic heterocycles. The molecular weight excluding hydrogens is 286 g/mol. The number of aromatic hydroxyl groups is 1. The summed E-state index contributed by atoms with van der Waals surface area (Å²) in [5.74, 6) is 0.258. The number of nitrogen functional groups attached to an aromatic ring is 1. The molecule has 0 atom stereocenters. The number of hydrogen-bond acceptors (Lipinski definition) is 3. The van der Waals surface area contributed by atoms with Crippen LogP contribution in [-0.2, 0) is 0 Å². The highest BCUT2D eigenvalue weighted by Crippen LogP contribution is 2.35. The first-order valence-corrected chi connectivity index (χ1v) is 6.28. The summed E-state index contributed by atoms with van der Waals surface area (Å²) in [5, 5.41) is 9.28. The summed E-state index contributed by atoms with van der Waals surface area (Å²) in [5.41, 5.74) is 6.38. The van der Waals surface area contributed by atoms with E-state index in [2.05, 4.69) is 15.9 Å². The van der Waals surface area contributed by atoms with E-state index >= 15 is 0 Å². The first-order chi connectivity index (χ1) is 7.65. The predicted molar refractivity (Wildman–Crippen MR) is 70.8 cm³/mol. The summed E-state index contributed by atoms with van der Waals surface area (Å²) in [7, 11) is 0. The lowest BCUT2D eigenvalue weighted by Crippen LogP contribution is -1.82. The molecule has 0 aliphatic heterocycles. The third-order valence-corrected chi connectivity index (χ3v) is 4.03. The van der Waals surface area contributed by atoms with Gasteiger partial charge in [-0.15, -0.1) is 0 Å². The predicted octanol–water partition coefficient (Wildman–Crippen LogP) is 3.89. The molecule has 2 aromatic rings. The maximum absolute atomic E-state index is 9.28. The Hall–Kier alpha value is -1.13. The third kappa shape index (κ3) is 2.71. The molecule has 0 bridgehead atoms. The van der Waals surface area contributed by atoms with E-state index in [0.717, 1.165) is 20.0 Å². The van der Waals surface area contributed by atoms with Gasteiger partial charge in [-0.2, -0.15) is 0 Å². The molecular formula is C12H10BrNOS. The molecule has 0 saturated carbocycles. The fourth-order valence-electron chi connectivity index (χ4n) is 1.24. The van der Waals surface area contributed by atoms with E-state index < -0.39 is 0 Å². The number of rotatable bonds is 2.